The number of esters is 1. The molecular formula is C21H17Cl4NO4. The fourth-order valence-corrected chi connectivity index (χ4v) is 4.28. The van der Waals surface area contributed by atoms with Crippen molar-refractivity contribution in [2.45, 2.75) is 33.2 Å². The van der Waals surface area contributed by atoms with E-state index in [0.717, 1.165) is 10.5 Å². The number of imide groups is 1. The lowest BCUT2D eigenvalue weighted by molar-refractivity contribution is -0.139. The third kappa shape index (κ3) is 4.04. The molecule has 3 rings (SSSR count). The molecule has 1 aliphatic heterocycles. The first kappa shape index (κ1) is 22.9. The molecule has 5 nitrogen and oxygen atoms in total. The maximum atomic E-state index is 13.1. The van der Waals surface area contributed by atoms with E-state index >= 15 is 0 Å². The number of hydrogen-bond acceptors (Lipinski definition) is 4. The van der Waals surface area contributed by atoms with E-state index in [4.69, 9.17) is 51.1 Å². The Bertz CT molecular complexity index is 1020. The second-order valence-corrected chi connectivity index (χ2v) is 8.88. The molecule has 30 heavy (non-hydrogen) atoms. The minimum Gasteiger partial charge on any atom is -0.425 e. The summed E-state index contributed by atoms with van der Waals surface area (Å²) >= 11 is 24.5. The van der Waals surface area contributed by atoms with E-state index in [-0.39, 0.29) is 43.6 Å². The minimum atomic E-state index is -1.18. The Morgan fingerprint density at radius 2 is 1.50 bits per heavy atom. The molecule has 2 aromatic carbocycles. The molecule has 0 bridgehead atoms. The second-order valence-electron chi connectivity index (χ2n) is 7.37. The highest BCUT2D eigenvalue weighted by Crippen LogP contribution is 2.45. The molecule has 0 saturated heterocycles. The molecule has 0 aromatic heterocycles. The summed E-state index contributed by atoms with van der Waals surface area (Å²) in [5, 5.41) is -0.629. The van der Waals surface area contributed by atoms with Crippen LogP contribution in [0.3, 0.4) is 0 Å². The van der Waals surface area contributed by atoms with Crippen LogP contribution in [0.1, 0.15) is 46.5 Å². The zero-order valence-corrected chi connectivity index (χ0v) is 19.3. The van der Waals surface area contributed by atoms with Gasteiger partial charge in [0.2, 0.25) is 0 Å². The van der Waals surface area contributed by atoms with E-state index in [0.29, 0.717) is 5.75 Å². The van der Waals surface area contributed by atoms with Gasteiger partial charge in [-0.3, -0.25) is 14.5 Å². The van der Waals surface area contributed by atoms with Crippen LogP contribution in [0, 0.1) is 12.8 Å². The highest BCUT2D eigenvalue weighted by atomic mass is 35.5. The lowest BCUT2D eigenvalue weighted by atomic mass is 10.0. The van der Waals surface area contributed by atoms with Gasteiger partial charge in [0.05, 0.1) is 31.2 Å². The predicted octanol–water partition coefficient (Wildman–Crippen LogP) is 6.22. The van der Waals surface area contributed by atoms with Crippen molar-refractivity contribution in [1.82, 2.24) is 4.90 Å². The molecule has 1 heterocycles. The van der Waals surface area contributed by atoms with Gasteiger partial charge in [-0.15, -0.1) is 0 Å². The normalized spacial score (nSPS) is 14.3. The van der Waals surface area contributed by atoms with Gasteiger partial charge < -0.3 is 4.74 Å². The fraction of sp³-hybridized carbons (Fsp3) is 0.286. The first-order valence-corrected chi connectivity index (χ1v) is 10.6. The lowest BCUT2D eigenvalue weighted by Crippen LogP contribution is -2.47. The van der Waals surface area contributed by atoms with Crippen LogP contribution >= 0.6 is 46.4 Å². The number of fused-ring (bicyclic) bond motifs is 1. The molecular weight excluding hydrogens is 472 g/mol. The smallest absolute Gasteiger partial charge is 0.334 e. The maximum absolute atomic E-state index is 13.1. The molecule has 0 unspecified atom stereocenters. The molecule has 158 valence electrons. The molecule has 1 aliphatic rings. The summed E-state index contributed by atoms with van der Waals surface area (Å²) in [7, 11) is 0. The number of nitrogens with zero attached hydrogens (tertiary/aromatic N) is 1. The predicted molar refractivity (Wildman–Crippen MR) is 117 cm³/mol. The zero-order valence-electron chi connectivity index (χ0n) is 16.3. The van der Waals surface area contributed by atoms with E-state index in [9.17, 15) is 14.4 Å². The maximum Gasteiger partial charge on any atom is 0.334 e. The van der Waals surface area contributed by atoms with Gasteiger partial charge in [0.15, 0.2) is 0 Å². The lowest BCUT2D eigenvalue weighted by Gasteiger charge is -2.26. The van der Waals surface area contributed by atoms with E-state index in [2.05, 4.69) is 0 Å². The molecule has 0 saturated carbocycles. The summed E-state index contributed by atoms with van der Waals surface area (Å²) in [6.07, 6.45) is 0.187. The van der Waals surface area contributed by atoms with E-state index < -0.39 is 23.8 Å². The Labute approximate surface area is 193 Å². The number of halogens is 4. The molecule has 0 aliphatic carbocycles. The van der Waals surface area contributed by atoms with Gasteiger partial charge in [-0.05, 0) is 37.0 Å². The molecule has 2 amide bonds. The fourth-order valence-electron chi connectivity index (χ4n) is 3.27. The summed E-state index contributed by atoms with van der Waals surface area (Å²) in [5.74, 6) is -2.00. The zero-order chi connectivity index (χ0) is 22.3. The first-order chi connectivity index (χ1) is 14.0. The number of ether oxygens (including phenoxy) is 1. The highest BCUT2D eigenvalue weighted by molar-refractivity contribution is 6.55. The Hall–Kier alpha value is -1.79. The van der Waals surface area contributed by atoms with E-state index in [1.54, 1.807) is 18.2 Å². The van der Waals surface area contributed by atoms with Crippen molar-refractivity contribution in [1.29, 1.82) is 0 Å². The molecule has 0 spiro atoms. The molecule has 2 aromatic rings. The summed E-state index contributed by atoms with van der Waals surface area (Å²) < 4.78 is 5.47. The van der Waals surface area contributed by atoms with Crippen molar-refractivity contribution in [3.8, 4) is 5.75 Å². The Balaban J connectivity index is 2.03. The van der Waals surface area contributed by atoms with Crippen LogP contribution in [0.5, 0.6) is 5.75 Å². The minimum absolute atomic E-state index is 0.0255. The van der Waals surface area contributed by atoms with Gasteiger partial charge in [0.25, 0.3) is 11.8 Å². The van der Waals surface area contributed by atoms with E-state index in [1.807, 2.05) is 26.8 Å². The average molecular weight is 489 g/mol. The van der Waals surface area contributed by atoms with Crippen molar-refractivity contribution >= 4 is 64.2 Å². The van der Waals surface area contributed by atoms with Crippen LogP contribution in [0.15, 0.2) is 24.3 Å². The topological polar surface area (TPSA) is 63.7 Å². The van der Waals surface area contributed by atoms with Crippen molar-refractivity contribution in [2.75, 3.05) is 0 Å². The number of carbonyl (C=O) groups excluding carboxylic acids is 3. The Morgan fingerprint density at radius 1 is 0.967 bits per heavy atom. The molecule has 0 N–H and O–H groups in total. The third-order valence-corrected chi connectivity index (χ3v) is 6.42. The van der Waals surface area contributed by atoms with Crippen LogP contribution in [0.25, 0.3) is 0 Å². The van der Waals surface area contributed by atoms with Crippen LogP contribution in [0.4, 0.5) is 0 Å². The highest BCUT2D eigenvalue weighted by Gasteiger charge is 2.47. The Morgan fingerprint density at radius 3 is 1.97 bits per heavy atom. The van der Waals surface area contributed by atoms with Crippen LogP contribution in [-0.2, 0) is 4.79 Å². The van der Waals surface area contributed by atoms with Gasteiger partial charge >= 0.3 is 5.97 Å². The quantitative estimate of drug-likeness (QED) is 0.164. The van der Waals surface area contributed by atoms with Crippen molar-refractivity contribution < 1.29 is 19.1 Å². The van der Waals surface area contributed by atoms with Crippen LogP contribution < -0.4 is 4.74 Å². The third-order valence-electron chi connectivity index (χ3n) is 4.62. The van der Waals surface area contributed by atoms with Crippen molar-refractivity contribution in [3.63, 3.8) is 0 Å². The summed E-state index contributed by atoms with van der Waals surface area (Å²) in [6.45, 7) is 5.57. The number of aryl methyl sites for hydroxylation is 1. The Kier molecular flexibility index (Phi) is 6.68. The molecule has 9 heteroatoms. The second kappa shape index (κ2) is 8.75. The van der Waals surface area contributed by atoms with Crippen LogP contribution in [0.2, 0.25) is 20.1 Å². The SMILES string of the molecule is Cc1cccc(OC(=O)[C@H](CC(C)C)N2C(=O)c3c(Cl)c(Cl)c(Cl)c(Cl)c3C2=O)c1. The molecule has 1 atom stereocenters. The molecule has 0 radical (unpaired) electrons. The number of carbonyl (C=O) groups is 3. The number of amides is 2. The molecule has 0 fully saturated rings. The summed E-state index contributed by atoms with van der Waals surface area (Å²) in [4.78, 5) is 40.1. The number of hydrogen-bond donors (Lipinski definition) is 0. The summed E-state index contributed by atoms with van der Waals surface area (Å²) in [6, 6.07) is 5.71. The van der Waals surface area contributed by atoms with Gasteiger partial charge in [-0.2, -0.15) is 0 Å². The average Bonchev–Trinajstić information content (AvgIpc) is 2.93. The largest absolute Gasteiger partial charge is 0.425 e. The first-order valence-electron chi connectivity index (χ1n) is 9.06. The van der Waals surface area contributed by atoms with Gasteiger partial charge in [-0.1, -0.05) is 72.4 Å². The van der Waals surface area contributed by atoms with Crippen molar-refractivity contribution in [3.05, 3.63) is 61.0 Å². The van der Waals surface area contributed by atoms with Gasteiger partial charge in [0.1, 0.15) is 11.8 Å². The standard InChI is InChI=1S/C21H17Cl4NO4/c1-9(2)7-12(21(29)30-11-6-4-5-10(3)8-11)26-19(27)13-14(20(26)28)16(23)18(25)17(24)15(13)22/h4-6,8-9,12H,7H2,1-3H3/t12-/m0/s1. The van der Waals surface area contributed by atoms with Gasteiger partial charge in [0, 0.05) is 0 Å². The van der Waals surface area contributed by atoms with Crippen molar-refractivity contribution in [2.24, 2.45) is 5.92 Å². The van der Waals surface area contributed by atoms with Crippen LogP contribution in [-0.4, -0.2) is 28.7 Å². The number of rotatable bonds is 5. The monoisotopic (exact) mass is 487 g/mol. The summed E-state index contributed by atoms with van der Waals surface area (Å²) in [5.41, 5.74) is 0.556. The number of benzene rings is 2. The van der Waals surface area contributed by atoms with Gasteiger partial charge in [-0.25, -0.2) is 4.79 Å². The van der Waals surface area contributed by atoms with E-state index in [1.165, 1.54) is 0 Å².